The minimum absolute atomic E-state index is 0.283. The molecule has 5 nitrogen and oxygen atoms in total. The van der Waals surface area contributed by atoms with Crippen LogP contribution in [0.3, 0.4) is 0 Å². The van der Waals surface area contributed by atoms with Gasteiger partial charge in [-0.2, -0.15) is 0 Å². The van der Waals surface area contributed by atoms with Crippen molar-refractivity contribution in [3.63, 3.8) is 0 Å². The molecule has 3 unspecified atom stereocenters. The van der Waals surface area contributed by atoms with E-state index < -0.39 is 0 Å². The van der Waals surface area contributed by atoms with Crippen molar-refractivity contribution in [3.8, 4) is 0 Å². The van der Waals surface area contributed by atoms with Crippen LogP contribution in [-0.2, 0) is 4.74 Å². The van der Waals surface area contributed by atoms with Crippen molar-refractivity contribution < 1.29 is 9.84 Å². The molecule has 2 N–H and O–H groups in total. The number of aliphatic hydroxyl groups is 1. The van der Waals surface area contributed by atoms with Crippen LogP contribution in [0.15, 0.2) is 0 Å². The van der Waals surface area contributed by atoms with Crippen LogP contribution < -0.4 is 5.32 Å². The maximum absolute atomic E-state index is 9.74. The zero-order chi connectivity index (χ0) is 13.0. The fraction of sp³-hybridized carbons (Fsp3) is 1.00. The van der Waals surface area contributed by atoms with Crippen LogP contribution in [0.25, 0.3) is 0 Å². The van der Waals surface area contributed by atoms with Crippen LogP contribution in [0.4, 0.5) is 0 Å². The summed E-state index contributed by atoms with van der Waals surface area (Å²) in [6.45, 7) is 5.34. The number of hydrogen-bond acceptors (Lipinski definition) is 5. The van der Waals surface area contributed by atoms with Crippen molar-refractivity contribution in [2.75, 3.05) is 53.4 Å². The van der Waals surface area contributed by atoms with Crippen LogP contribution in [0.5, 0.6) is 0 Å². The van der Waals surface area contributed by atoms with Crippen LogP contribution in [0.1, 0.15) is 12.8 Å². The van der Waals surface area contributed by atoms with Gasteiger partial charge in [-0.25, -0.2) is 0 Å². The maximum Gasteiger partial charge on any atom is 0.0827 e. The lowest BCUT2D eigenvalue weighted by molar-refractivity contribution is -0.0477. The lowest BCUT2D eigenvalue weighted by Gasteiger charge is -2.35. The monoisotopic (exact) mass is 257 g/mol. The standard InChI is InChI=1S/C13H27N3O2/c1-15(2)8-12(17)6-14-7-13-9-16-5-3-4-11(16)10-18-13/h11-14,17H,3-10H2,1-2H3. The van der Waals surface area contributed by atoms with E-state index in [0.29, 0.717) is 19.1 Å². The predicted octanol–water partition coefficient (Wildman–Crippen LogP) is -0.638. The second kappa shape index (κ2) is 6.82. The zero-order valence-corrected chi connectivity index (χ0v) is 11.6. The highest BCUT2D eigenvalue weighted by Crippen LogP contribution is 2.22. The van der Waals surface area contributed by atoms with E-state index in [1.54, 1.807) is 0 Å². The first-order valence-electron chi connectivity index (χ1n) is 7.04. The summed E-state index contributed by atoms with van der Waals surface area (Å²) >= 11 is 0. The zero-order valence-electron chi connectivity index (χ0n) is 11.6. The molecule has 3 atom stereocenters. The molecular weight excluding hydrogens is 230 g/mol. The van der Waals surface area contributed by atoms with Crippen molar-refractivity contribution in [2.24, 2.45) is 0 Å². The fourth-order valence-electron chi connectivity index (χ4n) is 2.91. The van der Waals surface area contributed by atoms with Crippen molar-refractivity contribution in [1.82, 2.24) is 15.1 Å². The molecule has 106 valence electrons. The Balaban J connectivity index is 1.59. The van der Waals surface area contributed by atoms with Gasteiger partial charge in [0.25, 0.3) is 0 Å². The molecule has 2 fully saturated rings. The average Bonchev–Trinajstić information content (AvgIpc) is 2.75. The largest absolute Gasteiger partial charge is 0.390 e. The number of morpholine rings is 1. The Morgan fingerprint density at radius 2 is 2.33 bits per heavy atom. The molecule has 0 aromatic heterocycles. The van der Waals surface area contributed by atoms with E-state index in [-0.39, 0.29) is 12.2 Å². The van der Waals surface area contributed by atoms with E-state index in [1.807, 2.05) is 19.0 Å². The summed E-state index contributed by atoms with van der Waals surface area (Å²) in [5.41, 5.74) is 0. The number of likely N-dealkylation sites (N-methyl/N-ethyl adjacent to an activating group) is 1. The number of ether oxygens (including phenoxy) is 1. The predicted molar refractivity (Wildman–Crippen MR) is 71.8 cm³/mol. The van der Waals surface area contributed by atoms with Gasteiger partial charge in [0.1, 0.15) is 0 Å². The van der Waals surface area contributed by atoms with Gasteiger partial charge in [-0.05, 0) is 33.5 Å². The molecule has 2 aliphatic rings. The first-order chi connectivity index (χ1) is 8.65. The summed E-state index contributed by atoms with van der Waals surface area (Å²) in [5.74, 6) is 0. The summed E-state index contributed by atoms with van der Waals surface area (Å²) < 4.78 is 5.86. The highest BCUT2D eigenvalue weighted by atomic mass is 16.5. The lowest BCUT2D eigenvalue weighted by Crippen LogP contribution is -2.50. The Morgan fingerprint density at radius 3 is 3.11 bits per heavy atom. The SMILES string of the molecule is CN(C)CC(O)CNCC1CN2CCCC2CO1. The molecule has 0 bridgehead atoms. The second-order valence-electron chi connectivity index (χ2n) is 5.82. The van der Waals surface area contributed by atoms with E-state index in [2.05, 4.69) is 10.2 Å². The molecule has 0 radical (unpaired) electrons. The van der Waals surface area contributed by atoms with Crippen molar-refractivity contribution >= 4 is 0 Å². The van der Waals surface area contributed by atoms with Crippen LogP contribution in [0, 0.1) is 0 Å². The molecule has 5 heteroatoms. The average molecular weight is 257 g/mol. The molecule has 2 rings (SSSR count). The van der Waals surface area contributed by atoms with E-state index in [9.17, 15) is 5.11 Å². The smallest absolute Gasteiger partial charge is 0.0827 e. The van der Waals surface area contributed by atoms with E-state index >= 15 is 0 Å². The summed E-state index contributed by atoms with van der Waals surface area (Å²) in [4.78, 5) is 4.55. The summed E-state index contributed by atoms with van der Waals surface area (Å²) in [5, 5.41) is 13.1. The van der Waals surface area contributed by atoms with Gasteiger partial charge in [0.15, 0.2) is 0 Å². The normalized spacial score (nSPS) is 30.7. The second-order valence-corrected chi connectivity index (χ2v) is 5.82. The number of fused-ring (bicyclic) bond motifs is 1. The van der Waals surface area contributed by atoms with Crippen LogP contribution in [0.2, 0.25) is 0 Å². The molecule has 0 amide bonds. The summed E-state index contributed by atoms with van der Waals surface area (Å²) in [6, 6.07) is 0.667. The number of nitrogens with one attached hydrogen (secondary N) is 1. The number of aliphatic hydroxyl groups excluding tert-OH is 1. The van der Waals surface area contributed by atoms with Gasteiger partial charge in [0, 0.05) is 32.2 Å². The Bertz CT molecular complexity index is 250. The van der Waals surface area contributed by atoms with Gasteiger partial charge in [0.2, 0.25) is 0 Å². The van der Waals surface area contributed by atoms with E-state index in [1.165, 1.54) is 19.4 Å². The third kappa shape index (κ3) is 4.17. The van der Waals surface area contributed by atoms with Gasteiger partial charge >= 0.3 is 0 Å². The molecule has 0 spiro atoms. The number of hydrogen-bond donors (Lipinski definition) is 2. The highest BCUT2D eigenvalue weighted by Gasteiger charge is 2.31. The van der Waals surface area contributed by atoms with Crippen molar-refractivity contribution in [3.05, 3.63) is 0 Å². The third-order valence-corrected chi connectivity index (χ3v) is 3.79. The first kappa shape index (κ1) is 14.2. The lowest BCUT2D eigenvalue weighted by atomic mass is 10.2. The summed E-state index contributed by atoms with van der Waals surface area (Å²) in [6.07, 6.45) is 2.59. The molecule has 0 aromatic carbocycles. The molecule has 2 saturated heterocycles. The third-order valence-electron chi connectivity index (χ3n) is 3.79. The van der Waals surface area contributed by atoms with Gasteiger partial charge < -0.3 is 20.1 Å². The Kier molecular flexibility index (Phi) is 5.38. The van der Waals surface area contributed by atoms with Crippen LogP contribution >= 0.6 is 0 Å². The van der Waals surface area contributed by atoms with E-state index in [4.69, 9.17) is 4.74 Å². The Hall–Kier alpha value is -0.200. The minimum Gasteiger partial charge on any atom is -0.390 e. The van der Waals surface area contributed by atoms with Gasteiger partial charge in [-0.15, -0.1) is 0 Å². The minimum atomic E-state index is -0.303. The number of nitrogens with zero attached hydrogens (tertiary/aromatic N) is 2. The van der Waals surface area contributed by atoms with E-state index in [0.717, 1.165) is 19.7 Å². The fourth-order valence-corrected chi connectivity index (χ4v) is 2.91. The van der Waals surface area contributed by atoms with Gasteiger partial charge in [-0.1, -0.05) is 0 Å². The summed E-state index contributed by atoms with van der Waals surface area (Å²) in [7, 11) is 3.95. The molecule has 18 heavy (non-hydrogen) atoms. The van der Waals surface area contributed by atoms with Gasteiger partial charge in [-0.3, -0.25) is 4.90 Å². The van der Waals surface area contributed by atoms with Crippen molar-refractivity contribution in [1.29, 1.82) is 0 Å². The number of rotatable bonds is 6. The maximum atomic E-state index is 9.74. The first-order valence-corrected chi connectivity index (χ1v) is 7.04. The quantitative estimate of drug-likeness (QED) is 0.663. The molecular formula is C13H27N3O2. The highest BCUT2D eigenvalue weighted by molar-refractivity contribution is 4.86. The Morgan fingerprint density at radius 1 is 1.50 bits per heavy atom. The van der Waals surface area contributed by atoms with Crippen LogP contribution in [-0.4, -0.2) is 86.6 Å². The molecule has 2 aliphatic heterocycles. The van der Waals surface area contributed by atoms with Crippen molar-refractivity contribution in [2.45, 2.75) is 31.1 Å². The molecule has 0 aromatic rings. The van der Waals surface area contributed by atoms with Gasteiger partial charge in [0.05, 0.1) is 18.8 Å². The molecule has 0 saturated carbocycles. The topological polar surface area (TPSA) is 48.0 Å². The molecule has 0 aliphatic carbocycles. The molecule has 2 heterocycles. The Labute approximate surface area is 110 Å².